The molecule has 0 saturated heterocycles. The molecule has 0 bridgehead atoms. The third kappa shape index (κ3) is 2.93. The molecule has 8 nitrogen and oxygen atoms in total. The average Bonchev–Trinajstić information content (AvgIpc) is 2.24. The summed E-state index contributed by atoms with van der Waals surface area (Å²) in [5.74, 6) is 0.782. The van der Waals surface area contributed by atoms with Gasteiger partial charge >= 0.3 is 0 Å². The van der Waals surface area contributed by atoms with Gasteiger partial charge in [-0.05, 0) is 0 Å². The quantitative estimate of drug-likeness (QED) is 0.330. The topological polar surface area (TPSA) is 108 Å². The van der Waals surface area contributed by atoms with Gasteiger partial charge in [0.15, 0.2) is 0 Å². The molecule has 1 rings (SSSR count). The average molecular weight is 196 g/mol. The van der Waals surface area contributed by atoms with Crippen LogP contribution in [-0.2, 0) is 9.59 Å². The van der Waals surface area contributed by atoms with Crippen LogP contribution in [0.15, 0.2) is 12.4 Å². The molecule has 0 aliphatic carbocycles. The molecule has 0 atom stereocenters. The first-order valence-corrected chi connectivity index (χ1v) is 3.59. The molecule has 1 aromatic heterocycles. The lowest BCUT2D eigenvalue weighted by Crippen LogP contribution is -2.22. The van der Waals surface area contributed by atoms with Crippen molar-refractivity contribution in [2.75, 3.05) is 10.9 Å². The van der Waals surface area contributed by atoms with E-state index in [0.717, 1.165) is 0 Å². The molecule has 0 radical (unpaired) electrons. The molecule has 2 amide bonds. The van der Waals surface area contributed by atoms with E-state index < -0.39 is 0 Å². The predicted octanol–water partition coefficient (Wildman–Crippen LogP) is -1.38. The molecule has 8 heteroatoms. The first-order valence-electron chi connectivity index (χ1n) is 3.59. The Morgan fingerprint density at radius 1 is 1.00 bits per heavy atom. The zero-order chi connectivity index (χ0) is 10.2. The van der Waals surface area contributed by atoms with E-state index in [-0.39, 0.29) is 0 Å². The summed E-state index contributed by atoms with van der Waals surface area (Å²) < 4.78 is 0. The van der Waals surface area contributed by atoms with E-state index in [1.165, 1.54) is 12.4 Å². The lowest BCUT2D eigenvalue weighted by Gasteiger charge is -2.05. The number of nitrogens with zero attached hydrogens (tertiary/aromatic N) is 2. The zero-order valence-corrected chi connectivity index (χ0v) is 7.02. The summed E-state index contributed by atoms with van der Waals surface area (Å²) in [5.41, 5.74) is 9.39. The fraction of sp³-hybridized carbons (Fsp3) is 0. The number of amides is 2. The number of hydrogen-bond donors (Lipinski definition) is 4. The molecular formula is C6H8N6O2. The van der Waals surface area contributed by atoms with E-state index in [4.69, 9.17) is 0 Å². The molecule has 0 saturated carbocycles. The van der Waals surface area contributed by atoms with Crippen LogP contribution in [0.4, 0.5) is 11.6 Å². The number of nitrogens with one attached hydrogen (secondary N) is 4. The van der Waals surface area contributed by atoms with Gasteiger partial charge in [-0.25, -0.2) is 9.97 Å². The van der Waals surface area contributed by atoms with Crippen molar-refractivity contribution in [1.82, 2.24) is 20.8 Å². The number of hydrogen-bond acceptors (Lipinski definition) is 6. The normalized spacial score (nSPS) is 8.57. The second-order valence-electron chi connectivity index (χ2n) is 2.06. The molecule has 0 fully saturated rings. The molecule has 74 valence electrons. The highest BCUT2D eigenvalue weighted by atomic mass is 16.1. The van der Waals surface area contributed by atoms with Crippen molar-refractivity contribution in [3.05, 3.63) is 12.4 Å². The van der Waals surface area contributed by atoms with Crippen LogP contribution in [0, 0.1) is 0 Å². The number of carbonyl (C=O) groups is 2. The Morgan fingerprint density at radius 3 is 1.93 bits per heavy atom. The van der Waals surface area contributed by atoms with Gasteiger partial charge in [0, 0.05) is 6.07 Å². The molecule has 1 aromatic rings. The first kappa shape index (κ1) is 9.71. The third-order valence-corrected chi connectivity index (χ3v) is 1.19. The highest BCUT2D eigenvalue weighted by Crippen LogP contribution is 2.05. The molecule has 0 aromatic carbocycles. The zero-order valence-electron chi connectivity index (χ0n) is 7.02. The number of hydrazine groups is 2. The van der Waals surface area contributed by atoms with Gasteiger partial charge in [-0.1, -0.05) is 0 Å². The van der Waals surface area contributed by atoms with Crippen LogP contribution in [0.3, 0.4) is 0 Å². The highest BCUT2D eigenvalue weighted by Gasteiger charge is 1.95. The first-order chi connectivity index (χ1) is 6.86. The van der Waals surface area contributed by atoms with Gasteiger partial charge < -0.3 is 0 Å². The van der Waals surface area contributed by atoms with Crippen molar-refractivity contribution in [1.29, 1.82) is 0 Å². The molecule has 0 unspecified atom stereocenters. The molecule has 0 aliphatic rings. The summed E-state index contributed by atoms with van der Waals surface area (Å²) in [4.78, 5) is 27.5. The van der Waals surface area contributed by atoms with Gasteiger partial charge in [-0.2, -0.15) is 0 Å². The van der Waals surface area contributed by atoms with Crippen molar-refractivity contribution >= 4 is 24.5 Å². The SMILES string of the molecule is O=CNNc1cc(NNC=O)ncn1. The monoisotopic (exact) mass is 196 g/mol. The number of aromatic nitrogens is 2. The Balaban J connectivity index is 2.58. The van der Waals surface area contributed by atoms with E-state index in [1.807, 2.05) is 0 Å². The van der Waals surface area contributed by atoms with Crippen LogP contribution in [-0.4, -0.2) is 22.8 Å². The van der Waals surface area contributed by atoms with E-state index >= 15 is 0 Å². The fourth-order valence-corrected chi connectivity index (χ4v) is 0.701. The van der Waals surface area contributed by atoms with Crippen molar-refractivity contribution in [3.63, 3.8) is 0 Å². The van der Waals surface area contributed by atoms with Crippen molar-refractivity contribution in [3.8, 4) is 0 Å². The standard InChI is InChI=1S/C6H8N6O2/c13-3-9-11-5-1-6(8-2-7-5)12-10-4-14/h1-4H,(H,9,13)(H,10,14)(H2,7,8,11,12). The molecule has 4 N–H and O–H groups in total. The van der Waals surface area contributed by atoms with E-state index in [9.17, 15) is 9.59 Å². The maximum atomic E-state index is 9.94. The molecule has 14 heavy (non-hydrogen) atoms. The van der Waals surface area contributed by atoms with Gasteiger partial charge in [0.25, 0.3) is 0 Å². The van der Waals surface area contributed by atoms with Crippen molar-refractivity contribution < 1.29 is 9.59 Å². The summed E-state index contributed by atoms with van der Waals surface area (Å²) in [6, 6.07) is 1.49. The smallest absolute Gasteiger partial charge is 0.225 e. The van der Waals surface area contributed by atoms with E-state index in [1.54, 1.807) is 0 Å². The van der Waals surface area contributed by atoms with Crippen LogP contribution in [0.2, 0.25) is 0 Å². The van der Waals surface area contributed by atoms with Crippen LogP contribution in [0.1, 0.15) is 0 Å². The number of carbonyl (C=O) groups excluding carboxylic acids is 2. The summed E-state index contributed by atoms with van der Waals surface area (Å²) in [7, 11) is 0. The highest BCUT2D eigenvalue weighted by molar-refractivity contribution is 5.55. The van der Waals surface area contributed by atoms with Gasteiger partial charge in [-0.3, -0.25) is 31.3 Å². The van der Waals surface area contributed by atoms with E-state index in [0.29, 0.717) is 24.5 Å². The summed E-state index contributed by atoms with van der Waals surface area (Å²) >= 11 is 0. The predicted molar refractivity (Wildman–Crippen MR) is 47.7 cm³/mol. The number of anilines is 2. The second kappa shape index (κ2) is 5.30. The minimum absolute atomic E-state index is 0.391. The Hall–Kier alpha value is -2.38. The summed E-state index contributed by atoms with van der Waals surface area (Å²) in [6.07, 6.45) is 2.21. The Kier molecular flexibility index (Phi) is 3.67. The van der Waals surface area contributed by atoms with Crippen LogP contribution in [0.5, 0.6) is 0 Å². The van der Waals surface area contributed by atoms with Crippen molar-refractivity contribution in [2.24, 2.45) is 0 Å². The number of rotatable bonds is 6. The van der Waals surface area contributed by atoms with Gasteiger partial charge in [0.1, 0.15) is 18.0 Å². The van der Waals surface area contributed by atoms with Gasteiger partial charge in [-0.15, -0.1) is 0 Å². The third-order valence-electron chi connectivity index (χ3n) is 1.19. The van der Waals surface area contributed by atoms with Gasteiger partial charge in [0.2, 0.25) is 12.8 Å². The Bertz CT molecular complexity index is 290. The fourth-order valence-electron chi connectivity index (χ4n) is 0.701. The maximum Gasteiger partial charge on any atom is 0.225 e. The lowest BCUT2D eigenvalue weighted by molar-refractivity contribution is -0.109. The van der Waals surface area contributed by atoms with Gasteiger partial charge in [0.05, 0.1) is 0 Å². The summed E-state index contributed by atoms with van der Waals surface area (Å²) in [6.45, 7) is 0. The molecule has 0 spiro atoms. The maximum absolute atomic E-state index is 9.94. The molecule has 0 aliphatic heterocycles. The summed E-state index contributed by atoms with van der Waals surface area (Å²) in [5, 5.41) is 0. The minimum Gasteiger partial charge on any atom is -0.282 e. The van der Waals surface area contributed by atoms with Crippen LogP contribution in [0.25, 0.3) is 0 Å². The molecular weight excluding hydrogens is 188 g/mol. The minimum atomic E-state index is 0.391. The van der Waals surface area contributed by atoms with Crippen LogP contribution >= 0.6 is 0 Å². The largest absolute Gasteiger partial charge is 0.282 e. The van der Waals surface area contributed by atoms with E-state index in [2.05, 4.69) is 31.7 Å². The Morgan fingerprint density at radius 2 is 1.50 bits per heavy atom. The van der Waals surface area contributed by atoms with Crippen LogP contribution < -0.4 is 21.7 Å². The molecule has 1 heterocycles. The Labute approximate surface area is 79.1 Å². The van der Waals surface area contributed by atoms with Crippen molar-refractivity contribution in [2.45, 2.75) is 0 Å². The second-order valence-corrected chi connectivity index (χ2v) is 2.06. The lowest BCUT2D eigenvalue weighted by atomic mass is 10.5.